The van der Waals surface area contributed by atoms with Crippen LogP contribution in [-0.4, -0.2) is 24.3 Å². The summed E-state index contributed by atoms with van der Waals surface area (Å²) in [6.07, 6.45) is 6.67. The maximum atomic E-state index is 11.6. The van der Waals surface area contributed by atoms with Gasteiger partial charge in [0.25, 0.3) is 0 Å². The second-order valence-corrected chi connectivity index (χ2v) is 5.67. The zero-order valence-corrected chi connectivity index (χ0v) is 10.1. The van der Waals surface area contributed by atoms with Gasteiger partial charge in [-0.2, -0.15) is 0 Å². The molecule has 16 heavy (non-hydrogen) atoms. The van der Waals surface area contributed by atoms with Crippen LogP contribution in [0, 0.1) is 17.3 Å². The van der Waals surface area contributed by atoms with Gasteiger partial charge < -0.3 is 9.84 Å². The summed E-state index contributed by atoms with van der Waals surface area (Å²) >= 11 is 0. The van der Waals surface area contributed by atoms with Gasteiger partial charge in [0.05, 0.1) is 18.6 Å². The molecule has 0 aromatic heterocycles. The Balaban J connectivity index is 2.03. The van der Waals surface area contributed by atoms with Gasteiger partial charge in [0, 0.05) is 5.92 Å². The first-order valence-electron chi connectivity index (χ1n) is 6.44. The predicted molar refractivity (Wildman–Crippen MR) is 61.2 cm³/mol. The lowest BCUT2D eigenvalue weighted by molar-refractivity contribution is -0.157. The topological polar surface area (TPSA) is 46.5 Å². The minimum absolute atomic E-state index is 0.374. The summed E-state index contributed by atoms with van der Waals surface area (Å²) in [5.41, 5.74) is -0.519. The van der Waals surface area contributed by atoms with Crippen LogP contribution in [0.5, 0.6) is 0 Å². The molecule has 1 atom stereocenters. The molecule has 0 aromatic carbocycles. The van der Waals surface area contributed by atoms with Crippen molar-refractivity contribution >= 4 is 5.97 Å². The van der Waals surface area contributed by atoms with Crippen LogP contribution in [0.3, 0.4) is 0 Å². The summed E-state index contributed by atoms with van der Waals surface area (Å²) in [7, 11) is 0. The van der Waals surface area contributed by atoms with E-state index in [9.17, 15) is 9.90 Å². The number of rotatable bonds is 4. The number of aliphatic carboxylic acids is 1. The number of hydrogen-bond donors (Lipinski definition) is 1. The first kappa shape index (κ1) is 11.9. The summed E-state index contributed by atoms with van der Waals surface area (Å²) in [6, 6.07) is 0. The lowest BCUT2D eigenvalue weighted by atomic mass is 9.65. The minimum Gasteiger partial charge on any atom is -0.481 e. The fourth-order valence-electron chi connectivity index (χ4n) is 3.17. The van der Waals surface area contributed by atoms with Crippen LogP contribution in [0.25, 0.3) is 0 Å². The number of carboxylic acids is 1. The fourth-order valence-corrected chi connectivity index (χ4v) is 3.17. The van der Waals surface area contributed by atoms with Crippen molar-refractivity contribution in [2.45, 2.75) is 45.4 Å². The number of carboxylic acid groups (broad SMARTS) is 1. The standard InChI is InChI=1S/C13H22O3/c1-13(12(14)15,7-10-8-16-9-10)11-5-3-2-4-6-11/h10-11H,2-9H2,1H3,(H,14,15). The van der Waals surface area contributed by atoms with Crippen LogP contribution in [-0.2, 0) is 9.53 Å². The third kappa shape index (κ3) is 2.24. The first-order valence-corrected chi connectivity index (χ1v) is 6.44. The summed E-state index contributed by atoms with van der Waals surface area (Å²) in [5, 5.41) is 9.51. The highest BCUT2D eigenvalue weighted by atomic mass is 16.5. The minimum atomic E-state index is -0.605. The van der Waals surface area contributed by atoms with Gasteiger partial charge >= 0.3 is 5.97 Å². The lowest BCUT2D eigenvalue weighted by Gasteiger charge is -2.40. The Morgan fingerprint density at radius 3 is 2.38 bits per heavy atom. The molecule has 1 heterocycles. The van der Waals surface area contributed by atoms with Crippen molar-refractivity contribution in [3.8, 4) is 0 Å². The quantitative estimate of drug-likeness (QED) is 0.801. The van der Waals surface area contributed by atoms with Gasteiger partial charge in [0.2, 0.25) is 0 Å². The van der Waals surface area contributed by atoms with E-state index in [2.05, 4.69) is 0 Å². The Morgan fingerprint density at radius 2 is 1.94 bits per heavy atom. The van der Waals surface area contributed by atoms with Crippen molar-refractivity contribution in [1.29, 1.82) is 0 Å². The number of carbonyl (C=O) groups is 1. The molecule has 92 valence electrons. The van der Waals surface area contributed by atoms with Crippen LogP contribution in [0.4, 0.5) is 0 Å². The molecule has 0 amide bonds. The Morgan fingerprint density at radius 1 is 1.31 bits per heavy atom. The van der Waals surface area contributed by atoms with E-state index in [-0.39, 0.29) is 0 Å². The van der Waals surface area contributed by atoms with E-state index in [1.54, 1.807) is 0 Å². The fraction of sp³-hybridized carbons (Fsp3) is 0.923. The average molecular weight is 226 g/mol. The van der Waals surface area contributed by atoms with Gasteiger partial charge in [-0.1, -0.05) is 19.3 Å². The van der Waals surface area contributed by atoms with Crippen LogP contribution in [0.1, 0.15) is 45.4 Å². The molecule has 2 fully saturated rings. The van der Waals surface area contributed by atoms with Gasteiger partial charge in [-0.3, -0.25) is 4.79 Å². The second-order valence-electron chi connectivity index (χ2n) is 5.67. The van der Waals surface area contributed by atoms with Crippen molar-refractivity contribution in [1.82, 2.24) is 0 Å². The highest BCUT2D eigenvalue weighted by Gasteiger charge is 2.44. The molecule has 0 bridgehead atoms. The molecule has 0 spiro atoms. The maximum Gasteiger partial charge on any atom is 0.309 e. The third-order valence-corrected chi connectivity index (χ3v) is 4.41. The van der Waals surface area contributed by atoms with Crippen molar-refractivity contribution < 1.29 is 14.6 Å². The highest BCUT2D eigenvalue weighted by molar-refractivity contribution is 5.74. The molecular weight excluding hydrogens is 204 g/mol. The SMILES string of the molecule is CC(CC1COC1)(C(=O)O)C1CCCCC1. The molecule has 2 aliphatic rings. The molecule has 1 aliphatic heterocycles. The first-order chi connectivity index (χ1) is 7.63. The van der Waals surface area contributed by atoms with Gasteiger partial charge in [-0.05, 0) is 32.1 Å². The van der Waals surface area contributed by atoms with E-state index in [0.29, 0.717) is 11.8 Å². The van der Waals surface area contributed by atoms with Crippen molar-refractivity contribution in [3.63, 3.8) is 0 Å². The molecule has 3 nitrogen and oxygen atoms in total. The van der Waals surface area contributed by atoms with E-state index in [1.807, 2.05) is 6.92 Å². The monoisotopic (exact) mass is 226 g/mol. The van der Waals surface area contributed by atoms with E-state index >= 15 is 0 Å². The van der Waals surface area contributed by atoms with Crippen molar-refractivity contribution in [3.05, 3.63) is 0 Å². The predicted octanol–water partition coefficient (Wildman–Crippen LogP) is 2.69. The van der Waals surface area contributed by atoms with E-state index in [4.69, 9.17) is 4.74 Å². The zero-order chi connectivity index (χ0) is 11.6. The van der Waals surface area contributed by atoms with Crippen LogP contribution < -0.4 is 0 Å². The van der Waals surface area contributed by atoms with Gasteiger partial charge in [-0.25, -0.2) is 0 Å². The summed E-state index contributed by atoms with van der Waals surface area (Å²) in [6.45, 7) is 3.47. The molecule has 1 saturated carbocycles. The normalized spacial score (nSPS) is 27.1. The van der Waals surface area contributed by atoms with E-state index < -0.39 is 11.4 Å². The Bertz CT molecular complexity index is 254. The lowest BCUT2D eigenvalue weighted by Crippen LogP contribution is -2.42. The van der Waals surface area contributed by atoms with E-state index in [1.165, 1.54) is 19.3 Å². The van der Waals surface area contributed by atoms with Crippen molar-refractivity contribution in [2.24, 2.45) is 17.3 Å². The molecular formula is C13H22O3. The Hall–Kier alpha value is -0.570. The maximum absolute atomic E-state index is 11.6. The molecule has 0 radical (unpaired) electrons. The summed E-state index contributed by atoms with van der Waals surface area (Å²) in [4.78, 5) is 11.6. The molecule has 1 saturated heterocycles. The van der Waals surface area contributed by atoms with Crippen molar-refractivity contribution in [2.75, 3.05) is 13.2 Å². The average Bonchev–Trinajstić information content (AvgIpc) is 2.24. The second kappa shape index (κ2) is 4.74. The summed E-state index contributed by atoms with van der Waals surface area (Å²) < 4.78 is 5.15. The molecule has 1 unspecified atom stereocenters. The molecule has 1 aliphatic carbocycles. The van der Waals surface area contributed by atoms with Gasteiger partial charge in [0.15, 0.2) is 0 Å². The Labute approximate surface area is 97.2 Å². The van der Waals surface area contributed by atoms with Gasteiger partial charge in [0.1, 0.15) is 0 Å². The molecule has 1 N–H and O–H groups in total. The smallest absolute Gasteiger partial charge is 0.309 e. The van der Waals surface area contributed by atoms with Crippen LogP contribution >= 0.6 is 0 Å². The zero-order valence-electron chi connectivity index (χ0n) is 10.1. The largest absolute Gasteiger partial charge is 0.481 e. The molecule has 3 heteroatoms. The molecule has 0 aromatic rings. The number of ether oxygens (including phenoxy) is 1. The van der Waals surface area contributed by atoms with Gasteiger partial charge in [-0.15, -0.1) is 0 Å². The third-order valence-electron chi connectivity index (χ3n) is 4.41. The van der Waals surface area contributed by atoms with Crippen LogP contribution in [0.2, 0.25) is 0 Å². The van der Waals surface area contributed by atoms with E-state index in [0.717, 1.165) is 32.5 Å². The number of hydrogen-bond acceptors (Lipinski definition) is 2. The highest BCUT2D eigenvalue weighted by Crippen LogP contribution is 2.44. The molecule has 2 rings (SSSR count). The Kier molecular flexibility index (Phi) is 3.53. The summed E-state index contributed by atoms with van der Waals surface area (Å²) in [5.74, 6) is 0.244. The van der Waals surface area contributed by atoms with Crippen LogP contribution in [0.15, 0.2) is 0 Å².